The topological polar surface area (TPSA) is 97.1 Å². The van der Waals surface area contributed by atoms with E-state index in [1.807, 2.05) is 0 Å². The molecule has 0 aliphatic heterocycles. The average Bonchev–Trinajstić information content (AvgIpc) is 3.04. The van der Waals surface area contributed by atoms with Crippen LogP contribution in [-0.4, -0.2) is 22.3 Å². The van der Waals surface area contributed by atoms with Gasteiger partial charge in [0.15, 0.2) is 0 Å². The summed E-state index contributed by atoms with van der Waals surface area (Å²) in [5.41, 5.74) is 7.13. The summed E-state index contributed by atoms with van der Waals surface area (Å²) < 4.78 is 0. The van der Waals surface area contributed by atoms with Crippen molar-refractivity contribution < 1.29 is 9.59 Å². The molecule has 1 saturated carbocycles. The number of amides is 2. The van der Waals surface area contributed by atoms with E-state index >= 15 is 0 Å². The normalized spacial score (nSPS) is 15.7. The minimum absolute atomic E-state index is 0.160. The van der Waals surface area contributed by atoms with Crippen molar-refractivity contribution in [3.8, 4) is 0 Å². The van der Waals surface area contributed by atoms with E-state index in [1.165, 1.54) is 0 Å². The molecule has 1 aliphatic carbocycles. The van der Waals surface area contributed by atoms with Gasteiger partial charge in [-0.15, -0.1) is 0 Å². The molecule has 1 heterocycles. The molecule has 2 aromatic rings. The number of carbonyl (C=O) groups is 2. The molecule has 0 unspecified atom stereocenters. The predicted molar refractivity (Wildman–Crippen MR) is 92.6 cm³/mol. The molecule has 1 fully saturated rings. The Hall–Kier alpha value is -2.73. The van der Waals surface area contributed by atoms with Crippen LogP contribution in [-0.2, 0) is 4.79 Å². The second-order valence-electron chi connectivity index (χ2n) is 6.09. The van der Waals surface area contributed by atoms with E-state index in [9.17, 15) is 9.59 Å². The van der Waals surface area contributed by atoms with Crippen molar-refractivity contribution in [1.82, 2.24) is 4.98 Å². The molecule has 124 valence electrons. The van der Waals surface area contributed by atoms with E-state index in [4.69, 9.17) is 5.73 Å². The Morgan fingerprint density at radius 1 is 1.00 bits per heavy atom. The monoisotopic (exact) mass is 324 g/mol. The Balaban J connectivity index is 1.63. The number of hydrogen-bond acceptors (Lipinski definition) is 4. The predicted octanol–water partition coefficient (Wildman–Crippen LogP) is 2.54. The van der Waals surface area contributed by atoms with E-state index < -0.39 is 5.54 Å². The number of aromatic nitrogens is 1. The van der Waals surface area contributed by atoms with Crippen LogP contribution in [0, 0.1) is 0 Å². The van der Waals surface area contributed by atoms with Crippen LogP contribution in [0.2, 0.25) is 0 Å². The van der Waals surface area contributed by atoms with Crippen LogP contribution in [0.5, 0.6) is 0 Å². The fraction of sp³-hybridized carbons (Fsp3) is 0.278. The molecule has 1 aliphatic rings. The first-order valence-electron chi connectivity index (χ1n) is 7.99. The molecular formula is C18H20N4O2. The molecule has 0 spiro atoms. The van der Waals surface area contributed by atoms with Crippen LogP contribution < -0.4 is 16.4 Å². The first-order valence-corrected chi connectivity index (χ1v) is 7.99. The zero-order valence-electron chi connectivity index (χ0n) is 13.3. The lowest BCUT2D eigenvalue weighted by molar-refractivity contribution is -0.121. The minimum atomic E-state index is -0.768. The molecule has 1 aromatic carbocycles. The quantitative estimate of drug-likeness (QED) is 0.805. The number of pyridine rings is 1. The molecule has 0 atom stereocenters. The van der Waals surface area contributed by atoms with Gasteiger partial charge in [0.1, 0.15) is 0 Å². The van der Waals surface area contributed by atoms with Gasteiger partial charge in [0.25, 0.3) is 5.91 Å². The number of hydrogen-bond donors (Lipinski definition) is 3. The Kier molecular flexibility index (Phi) is 4.57. The van der Waals surface area contributed by atoms with Crippen LogP contribution >= 0.6 is 0 Å². The number of nitrogens with zero attached hydrogens (tertiary/aromatic N) is 1. The Labute approximate surface area is 140 Å². The van der Waals surface area contributed by atoms with Crippen molar-refractivity contribution in [2.75, 3.05) is 10.6 Å². The zero-order chi connectivity index (χ0) is 17.0. The molecule has 4 N–H and O–H groups in total. The molecular weight excluding hydrogens is 304 g/mol. The highest BCUT2D eigenvalue weighted by Gasteiger charge is 2.36. The van der Waals surface area contributed by atoms with Crippen LogP contribution in [0.1, 0.15) is 36.0 Å². The number of benzene rings is 1. The lowest BCUT2D eigenvalue weighted by atomic mass is 9.98. The van der Waals surface area contributed by atoms with Crippen molar-refractivity contribution in [3.05, 3.63) is 54.4 Å². The van der Waals surface area contributed by atoms with E-state index in [0.717, 1.165) is 12.8 Å². The summed E-state index contributed by atoms with van der Waals surface area (Å²) in [4.78, 5) is 28.4. The first kappa shape index (κ1) is 16.1. The number of anilines is 2. The van der Waals surface area contributed by atoms with Crippen molar-refractivity contribution in [1.29, 1.82) is 0 Å². The third-order valence-corrected chi connectivity index (χ3v) is 4.27. The van der Waals surface area contributed by atoms with Crippen LogP contribution in [0.25, 0.3) is 0 Å². The van der Waals surface area contributed by atoms with Crippen molar-refractivity contribution in [2.45, 2.75) is 31.2 Å². The maximum atomic E-state index is 12.3. The SMILES string of the molecule is NC1(C(=O)Nc2ccc(C(=O)Nc3cccnc3)cc2)CCCC1. The largest absolute Gasteiger partial charge is 0.324 e. The molecule has 2 amide bonds. The molecule has 0 saturated heterocycles. The molecule has 0 radical (unpaired) electrons. The second kappa shape index (κ2) is 6.80. The van der Waals surface area contributed by atoms with Gasteiger partial charge in [-0.05, 0) is 49.2 Å². The van der Waals surface area contributed by atoms with Gasteiger partial charge >= 0.3 is 0 Å². The average molecular weight is 324 g/mol. The summed E-state index contributed by atoms with van der Waals surface area (Å²) in [5, 5.41) is 5.60. The van der Waals surface area contributed by atoms with Gasteiger partial charge in [0, 0.05) is 17.4 Å². The van der Waals surface area contributed by atoms with Gasteiger partial charge in [0.05, 0.1) is 17.4 Å². The van der Waals surface area contributed by atoms with Crippen molar-refractivity contribution >= 4 is 23.2 Å². The van der Waals surface area contributed by atoms with Crippen molar-refractivity contribution in [2.24, 2.45) is 5.73 Å². The maximum Gasteiger partial charge on any atom is 0.255 e. The van der Waals surface area contributed by atoms with E-state index in [1.54, 1.807) is 48.8 Å². The van der Waals surface area contributed by atoms with Gasteiger partial charge in [-0.3, -0.25) is 14.6 Å². The fourth-order valence-electron chi connectivity index (χ4n) is 2.83. The van der Waals surface area contributed by atoms with Gasteiger partial charge in [0.2, 0.25) is 5.91 Å². The van der Waals surface area contributed by atoms with Crippen LogP contribution in [0.3, 0.4) is 0 Å². The minimum Gasteiger partial charge on any atom is -0.324 e. The summed E-state index contributed by atoms with van der Waals surface area (Å²) >= 11 is 0. The summed E-state index contributed by atoms with van der Waals surface area (Å²) in [7, 11) is 0. The van der Waals surface area contributed by atoms with Gasteiger partial charge in [-0.2, -0.15) is 0 Å². The molecule has 3 rings (SSSR count). The number of nitrogens with two attached hydrogens (primary N) is 1. The lowest BCUT2D eigenvalue weighted by Gasteiger charge is -2.22. The highest BCUT2D eigenvalue weighted by molar-refractivity contribution is 6.04. The van der Waals surface area contributed by atoms with Gasteiger partial charge < -0.3 is 16.4 Å². The molecule has 6 nitrogen and oxygen atoms in total. The summed E-state index contributed by atoms with van der Waals surface area (Å²) in [5.74, 6) is -0.389. The Morgan fingerprint density at radius 3 is 2.33 bits per heavy atom. The Bertz CT molecular complexity index is 722. The lowest BCUT2D eigenvalue weighted by Crippen LogP contribution is -2.48. The van der Waals surface area contributed by atoms with Crippen LogP contribution in [0.15, 0.2) is 48.8 Å². The third-order valence-electron chi connectivity index (χ3n) is 4.27. The number of rotatable bonds is 4. The second-order valence-corrected chi connectivity index (χ2v) is 6.09. The highest BCUT2D eigenvalue weighted by Crippen LogP contribution is 2.28. The summed E-state index contributed by atoms with van der Waals surface area (Å²) in [6, 6.07) is 10.3. The maximum absolute atomic E-state index is 12.3. The number of carbonyl (C=O) groups excluding carboxylic acids is 2. The molecule has 0 bridgehead atoms. The van der Waals surface area contributed by atoms with Crippen LogP contribution in [0.4, 0.5) is 11.4 Å². The first-order chi connectivity index (χ1) is 11.6. The molecule has 24 heavy (non-hydrogen) atoms. The summed E-state index contributed by atoms with van der Waals surface area (Å²) in [6.45, 7) is 0. The zero-order valence-corrected chi connectivity index (χ0v) is 13.3. The summed E-state index contributed by atoms with van der Waals surface area (Å²) in [6.07, 6.45) is 6.61. The number of nitrogens with one attached hydrogen (secondary N) is 2. The highest BCUT2D eigenvalue weighted by atomic mass is 16.2. The van der Waals surface area contributed by atoms with E-state index in [0.29, 0.717) is 29.8 Å². The van der Waals surface area contributed by atoms with E-state index in [2.05, 4.69) is 15.6 Å². The smallest absolute Gasteiger partial charge is 0.255 e. The molecule has 1 aromatic heterocycles. The van der Waals surface area contributed by atoms with Gasteiger partial charge in [-0.1, -0.05) is 12.8 Å². The molecule has 6 heteroatoms. The van der Waals surface area contributed by atoms with Crippen molar-refractivity contribution in [3.63, 3.8) is 0 Å². The fourth-order valence-corrected chi connectivity index (χ4v) is 2.83. The van der Waals surface area contributed by atoms with E-state index in [-0.39, 0.29) is 11.8 Å². The van der Waals surface area contributed by atoms with Gasteiger partial charge in [-0.25, -0.2) is 0 Å². The third kappa shape index (κ3) is 3.60. The Morgan fingerprint density at radius 2 is 1.71 bits per heavy atom. The standard InChI is InChI=1S/C18H20N4O2/c19-18(9-1-2-10-18)17(24)22-14-7-5-13(6-8-14)16(23)21-15-4-3-11-20-12-15/h3-8,11-12H,1-2,9-10,19H2,(H,21,23)(H,22,24).